The number of aromatic nitrogens is 3. The number of carbonyl (C=O) groups is 2. The second-order valence-electron chi connectivity index (χ2n) is 9.49. The first kappa shape index (κ1) is 24.5. The van der Waals surface area contributed by atoms with Crippen LogP contribution in [-0.4, -0.2) is 33.5 Å². The summed E-state index contributed by atoms with van der Waals surface area (Å²) in [4.78, 5) is 35.2. The molecule has 5 rings (SSSR count). The molecule has 2 N–H and O–H groups in total. The number of nitrogens with one attached hydrogen (secondary N) is 2. The summed E-state index contributed by atoms with van der Waals surface area (Å²) in [5.41, 5.74) is 5.41. The van der Waals surface area contributed by atoms with Crippen LogP contribution in [0.15, 0.2) is 60.9 Å². The Bertz CT molecular complexity index is 1410. The highest BCUT2D eigenvalue weighted by Crippen LogP contribution is 2.35. The SMILES string of the molecule is COC(=O)c1c(NC(=O)C2CCC2)c2cc(NCc3ccc(C)cc3)cnc2n1CCc1ccccn1. The van der Waals surface area contributed by atoms with E-state index in [1.165, 1.54) is 12.7 Å². The Balaban J connectivity index is 1.53. The molecule has 0 spiro atoms. The third-order valence-electron chi connectivity index (χ3n) is 6.94. The van der Waals surface area contributed by atoms with Gasteiger partial charge < -0.3 is 19.9 Å². The summed E-state index contributed by atoms with van der Waals surface area (Å²) in [5, 5.41) is 7.17. The van der Waals surface area contributed by atoms with Gasteiger partial charge in [-0.1, -0.05) is 42.3 Å². The van der Waals surface area contributed by atoms with Crippen LogP contribution in [0.1, 0.15) is 46.6 Å². The van der Waals surface area contributed by atoms with E-state index < -0.39 is 5.97 Å². The Labute approximate surface area is 216 Å². The molecule has 0 bridgehead atoms. The zero-order valence-corrected chi connectivity index (χ0v) is 21.2. The number of rotatable bonds is 9. The van der Waals surface area contributed by atoms with Crippen molar-refractivity contribution in [2.45, 2.75) is 45.7 Å². The average Bonchev–Trinajstić information content (AvgIpc) is 3.18. The van der Waals surface area contributed by atoms with Crippen LogP contribution in [0.2, 0.25) is 0 Å². The Morgan fingerprint density at radius 3 is 2.59 bits per heavy atom. The largest absolute Gasteiger partial charge is 0.464 e. The fraction of sp³-hybridized carbons (Fsp3) is 0.310. The number of pyridine rings is 2. The van der Waals surface area contributed by atoms with E-state index in [0.29, 0.717) is 41.9 Å². The molecule has 37 heavy (non-hydrogen) atoms. The van der Waals surface area contributed by atoms with Crippen LogP contribution in [-0.2, 0) is 29.0 Å². The standard InChI is InChI=1S/C29H31N5O3/c1-19-9-11-20(12-10-19)17-31-23-16-24-25(33-28(35)21-6-5-7-21)26(29(36)37-2)34(27(24)32-18-23)15-13-22-8-3-4-14-30-22/h3-4,8-12,14,16,18,21,31H,5-7,13,15,17H2,1-2H3,(H,33,35). The molecule has 0 radical (unpaired) electrons. The highest BCUT2D eigenvalue weighted by Gasteiger charge is 2.30. The molecule has 1 aliphatic rings. The monoisotopic (exact) mass is 497 g/mol. The summed E-state index contributed by atoms with van der Waals surface area (Å²) in [6, 6.07) is 16.0. The van der Waals surface area contributed by atoms with Gasteiger partial charge in [0.1, 0.15) is 5.65 Å². The Hall–Kier alpha value is -4.20. The lowest BCUT2D eigenvalue weighted by Crippen LogP contribution is -2.29. The van der Waals surface area contributed by atoms with Gasteiger partial charge in [-0.25, -0.2) is 9.78 Å². The van der Waals surface area contributed by atoms with Crippen molar-refractivity contribution >= 4 is 34.3 Å². The number of methoxy groups -OCH3 is 1. The predicted octanol–water partition coefficient (Wildman–Crippen LogP) is 5.12. The first-order valence-corrected chi connectivity index (χ1v) is 12.6. The van der Waals surface area contributed by atoms with Crippen LogP contribution in [0, 0.1) is 12.8 Å². The van der Waals surface area contributed by atoms with E-state index in [-0.39, 0.29) is 11.8 Å². The molecule has 190 valence electrons. The Kier molecular flexibility index (Phi) is 7.16. The van der Waals surface area contributed by atoms with Crippen LogP contribution < -0.4 is 10.6 Å². The lowest BCUT2D eigenvalue weighted by Gasteiger charge is -2.24. The zero-order valence-electron chi connectivity index (χ0n) is 21.2. The maximum absolute atomic E-state index is 13.0. The normalized spacial score (nSPS) is 13.2. The number of nitrogens with zero attached hydrogens (tertiary/aromatic N) is 3. The van der Waals surface area contributed by atoms with E-state index >= 15 is 0 Å². The number of aryl methyl sites for hydroxylation is 3. The van der Waals surface area contributed by atoms with Gasteiger partial charge in [0.2, 0.25) is 5.91 Å². The molecule has 1 aliphatic carbocycles. The summed E-state index contributed by atoms with van der Waals surface area (Å²) in [7, 11) is 1.35. The van der Waals surface area contributed by atoms with Crippen molar-refractivity contribution in [3.8, 4) is 0 Å². The third-order valence-corrected chi connectivity index (χ3v) is 6.94. The number of anilines is 2. The van der Waals surface area contributed by atoms with Crippen molar-refractivity contribution in [1.82, 2.24) is 14.5 Å². The first-order valence-electron chi connectivity index (χ1n) is 12.6. The molecule has 0 aliphatic heterocycles. The average molecular weight is 498 g/mol. The quantitative estimate of drug-likeness (QED) is 0.312. The van der Waals surface area contributed by atoms with Gasteiger partial charge in [-0.3, -0.25) is 9.78 Å². The molecule has 1 saturated carbocycles. The van der Waals surface area contributed by atoms with Gasteiger partial charge in [0.05, 0.1) is 24.7 Å². The number of ether oxygens (including phenoxy) is 1. The highest BCUT2D eigenvalue weighted by molar-refractivity contribution is 6.11. The molecule has 1 amide bonds. The molecule has 1 aromatic carbocycles. The number of hydrogen-bond donors (Lipinski definition) is 2. The van der Waals surface area contributed by atoms with Gasteiger partial charge in [0.15, 0.2) is 5.69 Å². The van der Waals surface area contributed by atoms with E-state index in [1.807, 2.05) is 28.8 Å². The molecule has 0 saturated heterocycles. The third kappa shape index (κ3) is 5.33. The van der Waals surface area contributed by atoms with Crippen molar-refractivity contribution in [3.63, 3.8) is 0 Å². The van der Waals surface area contributed by atoms with Gasteiger partial charge in [0, 0.05) is 42.7 Å². The lowest BCUT2D eigenvalue weighted by molar-refractivity contribution is -0.122. The molecule has 1 fully saturated rings. The van der Waals surface area contributed by atoms with Crippen molar-refractivity contribution in [1.29, 1.82) is 0 Å². The fourth-order valence-corrected chi connectivity index (χ4v) is 4.55. The first-order chi connectivity index (χ1) is 18.0. The second kappa shape index (κ2) is 10.8. The fourth-order valence-electron chi connectivity index (χ4n) is 4.55. The number of hydrogen-bond acceptors (Lipinski definition) is 6. The van der Waals surface area contributed by atoms with Crippen molar-refractivity contribution in [3.05, 3.63) is 83.4 Å². The van der Waals surface area contributed by atoms with E-state index in [9.17, 15) is 9.59 Å². The molecule has 3 heterocycles. The number of carbonyl (C=O) groups excluding carboxylic acids is 2. The molecule has 8 heteroatoms. The smallest absolute Gasteiger partial charge is 0.356 e. The van der Waals surface area contributed by atoms with E-state index in [0.717, 1.165) is 36.2 Å². The minimum absolute atomic E-state index is 0.0341. The van der Waals surface area contributed by atoms with E-state index in [1.54, 1.807) is 12.4 Å². The molecule has 3 aromatic heterocycles. The maximum atomic E-state index is 13.0. The lowest BCUT2D eigenvalue weighted by atomic mass is 9.85. The minimum atomic E-state index is -0.517. The van der Waals surface area contributed by atoms with Gasteiger partial charge in [-0.2, -0.15) is 0 Å². The number of benzene rings is 1. The van der Waals surface area contributed by atoms with E-state index in [2.05, 4.69) is 46.8 Å². The predicted molar refractivity (Wildman–Crippen MR) is 143 cm³/mol. The second-order valence-corrected chi connectivity index (χ2v) is 9.49. The number of fused-ring (bicyclic) bond motifs is 1. The van der Waals surface area contributed by atoms with Gasteiger partial charge in [-0.05, 0) is 43.5 Å². The Morgan fingerprint density at radius 2 is 1.92 bits per heavy atom. The highest BCUT2D eigenvalue weighted by atomic mass is 16.5. The van der Waals surface area contributed by atoms with E-state index in [4.69, 9.17) is 9.72 Å². The molecule has 8 nitrogen and oxygen atoms in total. The van der Waals surface area contributed by atoms with Crippen LogP contribution in [0.3, 0.4) is 0 Å². The Morgan fingerprint density at radius 1 is 1.11 bits per heavy atom. The van der Waals surface area contributed by atoms with Crippen LogP contribution >= 0.6 is 0 Å². The van der Waals surface area contributed by atoms with Gasteiger partial charge in [-0.15, -0.1) is 0 Å². The zero-order chi connectivity index (χ0) is 25.8. The molecule has 4 aromatic rings. The van der Waals surface area contributed by atoms with Crippen molar-refractivity contribution in [2.24, 2.45) is 5.92 Å². The summed E-state index contributed by atoms with van der Waals surface area (Å²) in [5.74, 6) is -0.622. The van der Waals surface area contributed by atoms with Crippen LogP contribution in [0.5, 0.6) is 0 Å². The van der Waals surface area contributed by atoms with Crippen molar-refractivity contribution < 1.29 is 14.3 Å². The minimum Gasteiger partial charge on any atom is -0.464 e. The van der Waals surface area contributed by atoms with Crippen LogP contribution in [0.4, 0.5) is 11.4 Å². The van der Waals surface area contributed by atoms with Crippen molar-refractivity contribution in [2.75, 3.05) is 17.7 Å². The molecular formula is C29H31N5O3. The topological polar surface area (TPSA) is 98.1 Å². The number of esters is 1. The summed E-state index contributed by atoms with van der Waals surface area (Å²) < 4.78 is 6.99. The summed E-state index contributed by atoms with van der Waals surface area (Å²) in [6.45, 7) is 3.15. The van der Waals surface area contributed by atoms with Crippen LogP contribution in [0.25, 0.3) is 11.0 Å². The molecule has 0 atom stereocenters. The summed E-state index contributed by atoms with van der Waals surface area (Å²) in [6.07, 6.45) is 6.87. The molecule has 0 unspecified atom stereocenters. The molecular weight excluding hydrogens is 466 g/mol. The maximum Gasteiger partial charge on any atom is 0.356 e. The van der Waals surface area contributed by atoms with Gasteiger partial charge in [0.25, 0.3) is 0 Å². The summed E-state index contributed by atoms with van der Waals surface area (Å²) >= 11 is 0. The number of amides is 1. The van der Waals surface area contributed by atoms with Gasteiger partial charge >= 0.3 is 5.97 Å².